The number of quaternary nitrogens is 1. The van der Waals surface area contributed by atoms with Gasteiger partial charge in [-0.3, -0.25) is 0 Å². The summed E-state index contributed by atoms with van der Waals surface area (Å²) in [5.74, 6) is 1.73. The second-order valence-electron chi connectivity index (χ2n) is 4.36. The quantitative estimate of drug-likeness (QED) is 0.512. The SMILES string of the molecule is C=CC[NH+](CC=C)CCCOc1ccc(OC)cc1. The van der Waals surface area contributed by atoms with Crippen LogP contribution in [0.25, 0.3) is 0 Å². The molecule has 104 valence electrons. The van der Waals surface area contributed by atoms with E-state index >= 15 is 0 Å². The van der Waals surface area contributed by atoms with Crippen LogP contribution in [-0.4, -0.2) is 33.4 Å². The van der Waals surface area contributed by atoms with Gasteiger partial charge in [-0.15, -0.1) is 0 Å². The van der Waals surface area contributed by atoms with Gasteiger partial charge in [0.1, 0.15) is 11.5 Å². The Labute approximate surface area is 116 Å². The van der Waals surface area contributed by atoms with Crippen LogP contribution >= 0.6 is 0 Å². The molecule has 1 rings (SSSR count). The number of rotatable bonds is 10. The molecule has 0 unspecified atom stereocenters. The number of hydrogen-bond donors (Lipinski definition) is 1. The average Bonchev–Trinajstić information content (AvgIpc) is 2.44. The normalized spacial score (nSPS) is 10.2. The van der Waals surface area contributed by atoms with Gasteiger partial charge in [-0.25, -0.2) is 0 Å². The lowest BCUT2D eigenvalue weighted by Crippen LogP contribution is -3.11. The van der Waals surface area contributed by atoms with E-state index in [0.29, 0.717) is 0 Å². The van der Waals surface area contributed by atoms with Crippen LogP contribution in [0.2, 0.25) is 0 Å². The molecular formula is C16H24NO2+. The Bertz CT molecular complexity index is 363. The molecule has 0 heterocycles. The summed E-state index contributed by atoms with van der Waals surface area (Å²) in [6.07, 6.45) is 4.91. The molecule has 0 bridgehead atoms. The predicted molar refractivity (Wildman–Crippen MR) is 79.1 cm³/mol. The summed E-state index contributed by atoms with van der Waals surface area (Å²) in [5.41, 5.74) is 0. The molecule has 1 aromatic carbocycles. The third kappa shape index (κ3) is 6.11. The standard InChI is InChI=1S/C16H23NO2/c1-4-11-17(12-5-2)13-6-14-19-16-9-7-15(18-3)8-10-16/h4-5,7-10H,1-2,6,11-14H2,3H3/p+1. The average molecular weight is 262 g/mol. The van der Waals surface area contributed by atoms with Gasteiger partial charge in [-0.05, 0) is 36.4 Å². The molecule has 19 heavy (non-hydrogen) atoms. The smallest absolute Gasteiger partial charge is 0.119 e. The summed E-state index contributed by atoms with van der Waals surface area (Å²) in [6, 6.07) is 7.67. The number of methoxy groups -OCH3 is 1. The summed E-state index contributed by atoms with van der Waals surface area (Å²) in [7, 11) is 1.66. The van der Waals surface area contributed by atoms with E-state index in [1.54, 1.807) is 7.11 Å². The number of hydrogen-bond acceptors (Lipinski definition) is 2. The minimum absolute atomic E-state index is 0.726. The monoisotopic (exact) mass is 262 g/mol. The summed E-state index contributed by atoms with van der Waals surface area (Å²) < 4.78 is 10.8. The van der Waals surface area contributed by atoms with Gasteiger partial charge in [0.15, 0.2) is 0 Å². The Balaban J connectivity index is 2.24. The minimum atomic E-state index is 0.726. The minimum Gasteiger partial charge on any atom is -0.497 e. The highest BCUT2D eigenvalue weighted by Crippen LogP contribution is 2.16. The van der Waals surface area contributed by atoms with Gasteiger partial charge in [0.05, 0.1) is 33.4 Å². The Morgan fingerprint density at radius 2 is 1.63 bits per heavy atom. The van der Waals surface area contributed by atoms with Gasteiger partial charge < -0.3 is 14.4 Å². The maximum absolute atomic E-state index is 5.69. The van der Waals surface area contributed by atoms with Crippen molar-refractivity contribution in [3.8, 4) is 11.5 Å². The maximum Gasteiger partial charge on any atom is 0.119 e. The van der Waals surface area contributed by atoms with Gasteiger partial charge in [0, 0.05) is 6.42 Å². The first-order chi connectivity index (χ1) is 9.30. The van der Waals surface area contributed by atoms with Gasteiger partial charge in [-0.1, -0.05) is 13.2 Å². The largest absolute Gasteiger partial charge is 0.497 e. The van der Waals surface area contributed by atoms with Crippen LogP contribution in [0.4, 0.5) is 0 Å². The van der Waals surface area contributed by atoms with Crippen molar-refractivity contribution < 1.29 is 14.4 Å². The van der Waals surface area contributed by atoms with Gasteiger partial charge in [0.25, 0.3) is 0 Å². The van der Waals surface area contributed by atoms with Crippen molar-refractivity contribution >= 4 is 0 Å². The van der Waals surface area contributed by atoms with E-state index in [1.807, 2.05) is 36.4 Å². The third-order valence-electron chi connectivity index (χ3n) is 2.87. The molecule has 0 fully saturated rings. The first kappa shape index (κ1) is 15.3. The number of benzene rings is 1. The highest BCUT2D eigenvalue weighted by atomic mass is 16.5. The first-order valence-electron chi connectivity index (χ1n) is 6.62. The molecule has 0 aliphatic heterocycles. The van der Waals surface area contributed by atoms with Gasteiger partial charge in [0.2, 0.25) is 0 Å². The molecule has 3 nitrogen and oxygen atoms in total. The topological polar surface area (TPSA) is 22.9 Å². The second-order valence-corrected chi connectivity index (χ2v) is 4.36. The Morgan fingerprint density at radius 3 is 2.16 bits per heavy atom. The first-order valence-corrected chi connectivity index (χ1v) is 6.62. The van der Waals surface area contributed by atoms with Gasteiger partial charge in [-0.2, -0.15) is 0 Å². The van der Waals surface area contributed by atoms with Crippen molar-refractivity contribution in [3.05, 3.63) is 49.6 Å². The summed E-state index contributed by atoms with van der Waals surface area (Å²) >= 11 is 0. The molecule has 0 aliphatic rings. The molecule has 0 amide bonds. The van der Waals surface area contributed by atoms with E-state index < -0.39 is 0 Å². The molecular weight excluding hydrogens is 238 g/mol. The molecule has 0 radical (unpaired) electrons. The second kappa shape index (κ2) is 9.22. The number of nitrogens with one attached hydrogen (secondary N) is 1. The Kier molecular flexibility index (Phi) is 7.44. The lowest BCUT2D eigenvalue weighted by Gasteiger charge is -2.16. The van der Waals surface area contributed by atoms with Crippen LogP contribution in [0.1, 0.15) is 6.42 Å². The third-order valence-corrected chi connectivity index (χ3v) is 2.87. The lowest BCUT2D eigenvalue weighted by molar-refractivity contribution is -0.888. The highest BCUT2D eigenvalue weighted by molar-refractivity contribution is 5.31. The van der Waals surface area contributed by atoms with E-state index in [1.165, 1.54) is 4.90 Å². The molecule has 0 spiro atoms. The highest BCUT2D eigenvalue weighted by Gasteiger charge is 2.03. The Morgan fingerprint density at radius 1 is 1.05 bits per heavy atom. The molecule has 3 heteroatoms. The van der Waals surface area contributed by atoms with Crippen LogP contribution in [0, 0.1) is 0 Å². The van der Waals surface area contributed by atoms with Crippen molar-refractivity contribution in [2.45, 2.75) is 6.42 Å². The maximum atomic E-state index is 5.69. The zero-order valence-electron chi connectivity index (χ0n) is 11.7. The Hall–Kier alpha value is -1.74. The van der Waals surface area contributed by atoms with Crippen molar-refractivity contribution in [3.63, 3.8) is 0 Å². The fourth-order valence-electron chi connectivity index (χ4n) is 1.88. The number of ether oxygens (including phenoxy) is 2. The van der Waals surface area contributed by atoms with Crippen molar-refractivity contribution in [1.82, 2.24) is 0 Å². The van der Waals surface area contributed by atoms with Crippen molar-refractivity contribution in [2.75, 3.05) is 33.4 Å². The molecule has 0 saturated heterocycles. The summed E-state index contributed by atoms with van der Waals surface area (Å²) in [6.45, 7) is 11.3. The van der Waals surface area contributed by atoms with E-state index in [2.05, 4.69) is 13.2 Å². The van der Waals surface area contributed by atoms with Crippen molar-refractivity contribution in [1.29, 1.82) is 0 Å². The summed E-state index contributed by atoms with van der Waals surface area (Å²) in [4.78, 5) is 1.46. The van der Waals surface area contributed by atoms with Crippen LogP contribution < -0.4 is 14.4 Å². The molecule has 1 N–H and O–H groups in total. The predicted octanol–water partition coefficient (Wildman–Crippen LogP) is 1.72. The zero-order valence-corrected chi connectivity index (χ0v) is 11.7. The molecule has 0 atom stereocenters. The fraction of sp³-hybridized carbons (Fsp3) is 0.375. The molecule has 1 aromatic rings. The summed E-state index contributed by atoms with van der Waals surface area (Å²) in [5, 5.41) is 0. The molecule has 0 aliphatic carbocycles. The van der Waals surface area contributed by atoms with E-state index in [4.69, 9.17) is 9.47 Å². The lowest BCUT2D eigenvalue weighted by atomic mass is 10.3. The van der Waals surface area contributed by atoms with E-state index in [9.17, 15) is 0 Å². The molecule has 0 saturated carbocycles. The van der Waals surface area contributed by atoms with Crippen LogP contribution in [0.3, 0.4) is 0 Å². The van der Waals surface area contributed by atoms with Crippen LogP contribution in [0.5, 0.6) is 11.5 Å². The zero-order chi connectivity index (χ0) is 13.9. The van der Waals surface area contributed by atoms with E-state index in [-0.39, 0.29) is 0 Å². The van der Waals surface area contributed by atoms with Gasteiger partial charge >= 0.3 is 0 Å². The van der Waals surface area contributed by atoms with Crippen LogP contribution in [-0.2, 0) is 0 Å². The van der Waals surface area contributed by atoms with Crippen LogP contribution in [0.15, 0.2) is 49.6 Å². The fourth-order valence-corrected chi connectivity index (χ4v) is 1.88. The van der Waals surface area contributed by atoms with Crippen molar-refractivity contribution in [2.24, 2.45) is 0 Å². The molecule has 0 aromatic heterocycles. The van der Waals surface area contributed by atoms with E-state index in [0.717, 1.165) is 44.2 Å².